The maximum Gasteiger partial charge on any atom is 0.133 e. The highest BCUT2D eigenvalue weighted by atomic mass is 15.2. The van der Waals surface area contributed by atoms with Crippen LogP contribution >= 0.6 is 0 Å². The molecule has 1 fully saturated rings. The largest absolute Gasteiger partial charge is 0.354 e. The summed E-state index contributed by atoms with van der Waals surface area (Å²) >= 11 is 0. The van der Waals surface area contributed by atoms with Crippen molar-refractivity contribution in [3.05, 3.63) is 18.1 Å². The second-order valence-electron chi connectivity index (χ2n) is 4.52. The maximum atomic E-state index is 4.73. The fourth-order valence-corrected chi connectivity index (χ4v) is 2.28. The van der Waals surface area contributed by atoms with Crippen molar-refractivity contribution >= 4 is 5.82 Å². The average molecular weight is 234 g/mol. The lowest BCUT2D eigenvalue weighted by molar-refractivity contribution is 0.573. The number of hydrogen-bond donors (Lipinski definition) is 1. The zero-order chi connectivity index (χ0) is 12.1. The molecule has 2 rings (SSSR count). The van der Waals surface area contributed by atoms with Crippen LogP contribution in [0.2, 0.25) is 0 Å². The first kappa shape index (κ1) is 12.3. The molecular formula is C13H22N4. The van der Waals surface area contributed by atoms with E-state index in [0.717, 1.165) is 50.7 Å². The van der Waals surface area contributed by atoms with Crippen molar-refractivity contribution in [1.82, 2.24) is 15.3 Å². The molecule has 0 atom stereocenters. The number of nitrogens with zero attached hydrogens (tertiary/aromatic N) is 3. The quantitative estimate of drug-likeness (QED) is 0.862. The molecule has 1 aliphatic heterocycles. The summed E-state index contributed by atoms with van der Waals surface area (Å²) in [4.78, 5) is 11.5. The average Bonchev–Trinajstić information content (AvgIpc) is 2.42. The molecule has 1 N–H and O–H groups in total. The number of aromatic nitrogens is 2. The van der Waals surface area contributed by atoms with Gasteiger partial charge in [-0.25, -0.2) is 9.97 Å². The van der Waals surface area contributed by atoms with Crippen molar-refractivity contribution < 1.29 is 0 Å². The first-order valence-electron chi connectivity index (χ1n) is 6.63. The fourth-order valence-electron chi connectivity index (χ4n) is 2.28. The normalized spacial score (nSPS) is 16.5. The van der Waals surface area contributed by atoms with Crippen molar-refractivity contribution in [2.45, 2.75) is 32.6 Å². The molecule has 2 heterocycles. The van der Waals surface area contributed by atoms with Gasteiger partial charge < -0.3 is 10.2 Å². The SMILES string of the molecule is CCC(CC)c1nccc(N2CCNCC2)n1. The summed E-state index contributed by atoms with van der Waals surface area (Å²) in [5.74, 6) is 2.59. The first-order chi connectivity index (χ1) is 8.35. The van der Waals surface area contributed by atoms with Gasteiger partial charge in [0, 0.05) is 38.3 Å². The Balaban J connectivity index is 2.15. The van der Waals surface area contributed by atoms with Gasteiger partial charge in [0.25, 0.3) is 0 Å². The summed E-state index contributed by atoms with van der Waals surface area (Å²) in [6, 6.07) is 2.02. The predicted octanol–water partition coefficient (Wildman–Crippen LogP) is 1.79. The molecule has 0 aliphatic carbocycles. The molecule has 1 saturated heterocycles. The zero-order valence-electron chi connectivity index (χ0n) is 10.8. The third kappa shape index (κ3) is 2.94. The standard InChI is InChI=1S/C13H22N4/c1-3-11(4-2)13-15-6-5-12(16-13)17-9-7-14-8-10-17/h5-6,11,14H,3-4,7-10H2,1-2H3. The number of piperazine rings is 1. The van der Waals surface area contributed by atoms with Crippen LogP contribution in [0.15, 0.2) is 12.3 Å². The maximum absolute atomic E-state index is 4.73. The van der Waals surface area contributed by atoms with E-state index >= 15 is 0 Å². The summed E-state index contributed by atoms with van der Waals surface area (Å²) in [6.07, 6.45) is 4.13. The molecule has 1 aromatic heterocycles. The van der Waals surface area contributed by atoms with E-state index in [1.54, 1.807) is 0 Å². The van der Waals surface area contributed by atoms with Gasteiger partial charge in [0.2, 0.25) is 0 Å². The zero-order valence-corrected chi connectivity index (χ0v) is 10.8. The molecular weight excluding hydrogens is 212 g/mol. The molecule has 4 nitrogen and oxygen atoms in total. The highest BCUT2D eigenvalue weighted by Gasteiger charge is 2.15. The number of anilines is 1. The molecule has 0 unspecified atom stereocenters. The van der Waals surface area contributed by atoms with E-state index < -0.39 is 0 Å². The van der Waals surface area contributed by atoms with Crippen LogP contribution in [0.25, 0.3) is 0 Å². The van der Waals surface area contributed by atoms with Crippen molar-refractivity contribution in [2.75, 3.05) is 31.1 Å². The van der Waals surface area contributed by atoms with Crippen LogP contribution in [0.3, 0.4) is 0 Å². The third-order valence-corrected chi connectivity index (χ3v) is 3.45. The van der Waals surface area contributed by atoms with E-state index in [-0.39, 0.29) is 0 Å². The Bertz CT molecular complexity index is 343. The molecule has 94 valence electrons. The van der Waals surface area contributed by atoms with Gasteiger partial charge >= 0.3 is 0 Å². The van der Waals surface area contributed by atoms with Gasteiger partial charge in [0.1, 0.15) is 11.6 Å². The van der Waals surface area contributed by atoms with E-state index in [0.29, 0.717) is 5.92 Å². The third-order valence-electron chi connectivity index (χ3n) is 3.45. The van der Waals surface area contributed by atoms with E-state index in [4.69, 9.17) is 4.98 Å². The molecule has 17 heavy (non-hydrogen) atoms. The Labute approximate surface area is 103 Å². The van der Waals surface area contributed by atoms with Crippen LogP contribution in [0.5, 0.6) is 0 Å². The lowest BCUT2D eigenvalue weighted by Gasteiger charge is -2.28. The van der Waals surface area contributed by atoms with Crippen LogP contribution in [-0.2, 0) is 0 Å². The highest BCUT2D eigenvalue weighted by molar-refractivity contribution is 5.38. The molecule has 0 saturated carbocycles. The fraction of sp³-hybridized carbons (Fsp3) is 0.692. The molecule has 1 aromatic rings. The second kappa shape index (κ2) is 5.96. The van der Waals surface area contributed by atoms with E-state index in [1.165, 1.54) is 0 Å². The topological polar surface area (TPSA) is 41.1 Å². The van der Waals surface area contributed by atoms with Crippen LogP contribution in [0.1, 0.15) is 38.4 Å². The van der Waals surface area contributed by atoms with Crippen molar-refractivity contribution in [2.24, 2.45) is 0 Å². The summed E-state index contributed by atoms with van der Waals surface area (Å²) in [5.41, 5.74) is 0. The smallest absolute Gasteiger partial charge is 0.133 e. The van der Waals surface area contributed by atoms with E-state index in [1.807, 2.05) is 12.3 Å². The minimum absolute atomic E-state index is 0.498. The van der Waals surface area contributed by atoms with Gasteiger partial charge in [0.05, 0.1) is 0 Å². The van der Waals surface area contributed by atoms with Crippen LogP contribution in [0.4, 0.5) is 5.82 Å². The lowest BCUT2D eigenvalue weighted by Crippen LogP contribution is -2.44. The van der Waals surface area contributed by atoms with Gasteiger partial charge in [-0.1, -0.05) is 13.8 Å². The highest BCUT2D eigenvalue weighted by Crippen LogP contribution is 2.21. The Hall–Kier alpha value is -1.16. The Kier molecular flexibility index (Phi) is 4.31. The van der Waals surface area contributed by atoms with Crippen molar-refractivity contribution in [1.29, 1.82) is 0 Å². The lowest BCUT2D eigenvalue weighted by atomic mass is 10.0. The number of nitrogens with one attached hydrogen (secondary N) is 1. The van der Waals surface area contributed by atoms with Crippen LogP contribution < -0.4 is 10.2 Å². The van der Waals surface area contributed by atoms with E-state index in [2.05, 4.69) is 29.0 Å². The van der Waals surface area contributed by atoms with Gasteiger partial charge in [-0.3, -0.25) is 0 Å². The van der Waals surface area contributed by atoms with Gasteiger partial charge in [-0.15, -0.1) is 0 Å². The van der Waals surface area contributed by atoms with Gasteiger partial charge in [-0.2, -0.15) is 0 Å². The molecule has 0 aromatic carbocycles. The van der Waals surface area contributed by atoms with Crippen molar-refractivity contribution in [3.8, 4) is 0 Å². The molecule has 0 bridgehead atoms. The Morgan fingerprint density at radius 2 is 2.00 bits per heavy atom. The summed E-state index contributed by atoms with van der Waals surface area (Å²) < 4.78 is 0. The Morgan fingerprint density at radius 1 is 1.29 bits per heavy atom. The Morgan fingerprint density at radius 3 is 2.65 bits per heavy atom. The minimum atomic E-state index is 0.498. The number of rotatable bonds is 4. The molecule has 1 aliphatic rings. The predicted molar refractivity (Wildman–Crippen MR) is 70.4 cm³/mol. The van der Waals surface area contributed by atoms with Crippen LogP contribution in [-0.4, -0.2) is 36.1 Å². The van der Waals surface area contributed by atoms with Crippen molar-refractivity contribution in [3.63, 3.8) is 0 Å². The first-order valence-corrected chi connectivity index (χ1v) is 6.63. The van der Waals surface area contributed by atoms with Gasteiger partial charge in [-0.05, 0) is 18.9 Å². The van der Waals surface area contributed by atoms with E-state index in [9.17, 15) is 0 Å². The molecule has 4 heteroatoms. The summed E-state index contributed by atoms with van der Waals surface area (Å²) in [7, 11) is 0. The molecule has 0 amide bonds. The van der Waals surface area contributed by atoms with Crippen LogP contribution in [0, 0.1) is 0 Å². The molecule has 0 radical (unpaired) electrons. The monoisotopic (exact) mass is 234 g/mol. The van der Waals surface area contributed by atoms with Gasteiger partial charge in [0.15, 0.2) is 0 Å². The minimum Gasteiger partial charge on any atom is -0.354 e. The summed E-state index contributed by atoms with van der Waals surface area (Å²) in [5, 5.41) is 3.36. The molecule has 0 spiro atoms. The summed E-state index contributed by atoms with van der Waals surface area (Å²) in [6.45, 7) is 8.58. The number of hydrogen-bond acceptors (Lipinski definition) is 4. The second-order valence-corrected chi connectivity index (χ2v) is 4.52.